The quantitative estimate of drug-likeness (QED) is 0.812. The fourth-order valence-corrected chi connectivity index (χ4v) is 2.90. The Morgan fingerprint density at radius 1 is 1.25 bits per heavy atom. The Morgan fingerprint density at radius 2 is 1.96 bits per heavy atom. The predicted molar refractivity (Wildman–Crippen MR) is 92.7 cm³/mol. The van der Waals surface area contributed by atoms with Gasteiger partial charge in [-0.05, 0) is 29.9 Å². The minimum Gasteiger partial charge on any atom is -0.453 e. The lowest BCUT2D eigenvalue weighted by molar-refractivity contribution is -0.153. The molecule has 1 aromatic carbocycles. The lowest BCUT2D eigenvalue weighted by atomic mass is 9.98. The third kappa shape index (κ3) is 4.67. The Bertz CT molecular complexity index is 749. The van der Waals surface area contributed by atoms with Gasteiger partial charge in [-0.2, -0.15) is 5.26 Å². The number of carbonyl (C=O) groups is 2. The van der Waals surface area contributed by atoms with Crippen molar-refractivity contribution in [2.45, 2.75) is 32.3 Å². The van der Waals surface area contributed by atoms with E-state index < -0.39 is 18.0 Å². The summed E-state index contributed by atoms with van der Waals surface area (Å²) < 4.78 is 5.20. The van der Waals surface area contributed by atoms with Gasteiger partial charge < -0.3 is 10.1 Å². The summed E-state index contributed by atoms with van der Waals surface area (Å²) in [6.07, 6.45) is -0.724. The minimum atomic E-state index is -0.922. The van der Waals surface area contributed by atoms with Gasteiger partial charge in [-0.15, -0.1) is 11.3 Å². The Balaban J connectivity index is 1.87. The molecule has 0 aliphatic carbocycles. The van der Waals surface area contributed by atoms with Crippen molar-refractivity contribution in [1.82, 2.24) is 0 Å². The highest BCUT2D eigenvalue weighted by molar-refractivity contribution is 7.14. The van der Waals surface area contributed by atoms with E-state index >= 15 is 0 Å². The molecule has 1 aromatic heterocycles. The smallest absolute Gasteiger partial charge is 0.307 e. The van der Waals surface area contributed by atoms with Crippen molar-refractivity contribution in [3.63, 3.8) is 0 Å². The molecule has 0 aliphatic rings. The van der Waals surface area contributed by atoms with Crippen LogP contribution in [0.5, 0.6) is 0 Å². The van der Waals surface area contributed by atoms with Crippen LogP contribution in [0.2, 0.25) is 0 Å². The van der Waals surface area contributed by atoms with E-state index in [-0.39, 0.29) is 12.3 Å². The second-order valence-corrected chi connectivity index (χ2v) is 6.33. The number of esters is 1. The van der Waals surface area contributed by atoms with Crippen LogP contribution in [0.15, 0.2) is 41.8 Å². The molecule has 2 atom stereocenters. The molecule has 1 N–H and O–H groups in total. The van der Waals surface area contributed by atoms with E-state index in [4.69, 9.17) is 10.00 Å². The van der Waals surface area contributed by atoms with Crippen molar-refractivity contribution in [1.29, 1.82) is 5.26 Å². The lowest BCUT2D eigenvalue weighted by Crippen LogP contribution is -2.30. The molecule has 1 heterocycles. The first kappa shape index (κ1) is 17.7. The topological polar surface area (TPSA) is 79.2 Å². The lowest BCUT2D eigenvalue weighted by Gasteiger charge is -2.15. The summed E-state index contributed by atoms with van der Waals surface area (Å²) >= 11 is 1.25. The van der Waals surface area contributed by atoms with Crippen molar-refractivity contribution < 1.29 is 14.3 Å². The van der Waals surface area contributed by atoms with E-state index in [1.165, 1.54) is 18.3 Å². The van der Waals surface area contributed by atoms with Gasteiger partial charge in [-0.25, -0.2) is 0 Å². The molecule has 0 saturated heterocycles. The molecule has 24 heavy (non-hydrogen) atoms. The monoisotopic (exact) mass is 342 g/mol. The van der Waals surface area contributed by atoms with Crippen LogP contribution < -0.4 is 5.32 Å². The van der Waals surface area contributed by atoms with E-state index in [1.54, 1.807) is 11.4 Å². The molecule has 0 radical (unpaired) electrons. The number of carbonyl (C=O) groups excluding carboxylic acids is 2. The Labute approximate surface area is 144 Å². The van der Waals surface area contributed by atoms with Crippen LogP contribution in [0.25, 0.3) is 0 Å². The van der Waals surface area contributed by atoms with Crippen LogP contribution in [-0.4, -0.2) is 18.0 Å². The molecule has 0 saturated carbocycles. The summed E-state index contributed by atoms with van der Waals surface area (Å²) in [4.78, 5) is 24.1. The van der Waals surface area contributed by atoms with E-state index in [0.717, 1.165) is 5.56 Å². The number of thiophene rings is 1. The minimum absolute atomic E-state index is 0.0106. The number of benzene rings is 1. The van der Waals surface area contributed by atoms with Crippen LogP contribution in [-0.2, 0) is 14.3 Å². The highest BCUT2D eigenvalue weighted by Crippen LogP contribution is 2.23. The zero-order valence-electron chi connectivity index (χ0n) is 13.5. The number of nitrogens with zero attached hydrogens (tertiary/aromatic N) is 1. The largest absolute Gasteiger partial charge is 0.453 e. The number of rotatable bonds is 6. The average Bonchev–Trinajstić information content (AvgIpc) is 3.02. The molecule has 5 nitrogen and oxygen atoms in total. The number of ether oxygens (including phenoxy) is 1. The van der Waals surface area contributed by atoms with Crippen molar-refractivity contribution in [3.8, 4) is 6.07 Å². The second kappa shape index (κ2) is 8.27. The number of amides is 1. The third-order valence-electron chi connectivity index (χ3n) is 3.54. The molecule has 124 valence electrons. The summed E-state index contributed by atoms with van der Waals surface area (Å²) in [6, 6.07) is 13.3. The Morgan fingerprint density at radius 3 is 2.62 bits per heavy atom. The fourth-order valence-electron chi connectivity index (χ4n) is 2.16. The van der Waals surface area contributed by atoms with Gasteiger partial charge in [-0.1, -0.05) is 37.3 Å². The van der Waals surface area contributed by atoms with E-state index in [1.807, 2.05) is 43.3 Å². The molecule has 0 bridgehead atoms. The molecule has 1 amide bonds. The number of hydrogen-bond donors (Lipinski definition) is 1. The van der Waals surface area contributed by atoms with E-state index in [9.17, 15) is 9.59 Å². The van der Waals surface area contributed by atoms with Crippen LogP contribution in [0.4, 0.5) is 5.00 Å². The van der Waals surface area contributed by atoms with Gasteiger partial charge in [0.1, 0.15) is 11.1 Å². The van der Waals surface area contributed by atoms with Crippen LogP contribution in [0.3, 0.4) is 0 Å². The Hall–Kier alpha value is -2.65. The standard InChI is InChI=1S/C18H18N2O3S/c1-12(14-6-4-3-5-7-14)10-16(21)23-13(2)17(22)20-18-15(11-19)8-9-24-18/h3-9,12-13H,10H2,1-2H3,(H,20,22)/t12-,13+/m0/s1. The van der Waals surface area contributed by atoms with Crippen LogP contribution >= 0.6 is 11.3 Å². The number of hydrogen-bond acceptors (Lipinski definition) is 5. The molecule has 0 unspecified atom stereocenters. The van der Waals surface area contributed by atoms with Gasteiger partial charge in [0.25, 0.3) is 5.91 Å². The summed E-state index contributed by atoms with van der Waals surface area (Å²) in [5, 5.41) is 13.7. The van der Waals surface area contributed by atoms with Crippen molar-refractivity contribution >= 4 is 28.2 Å². The molecular formula is C18H18N2O3S. The first-order chi connectivity index (χ1) is 11.5. The van der Waals surface area contributed by atoms with Gasteiger partial charge >= 0.3 is 5.97 Å². The highest BCUT2D eigenvalue weighted by atomic mass is 32.1. The van der Waals surface area contributed by atoms with Crippen LogP contribution in [0, 0.1) is 11.3 Å². The zero-order chi connectivity index (χ0) is 17.5. The number of nitriles is 1. The normalized spacial score (nSPS) is 12.7. The molecule has 6 heteroatoms. The maximum absolute atomic E-state index is 12.1. The third-order valence-corrected chi connectivity index (χ3v) is 4.37. The van der Waals surface area contributed by atoms with E-state index in [2.05, 4.69) is 5.32 Å². The number of anilines is 1. The molecule has 0 aliphatic heterocycles. The molecular weight excluding hydrogens is 324 g/mol. The maximum atomic E-state index is 12.1. The van der Waals surface area contributed by atoms with Gasteiger partial charge in [0.05, 0.1) is 12.0 Å². The first-order valence-electron chi connectivity index (χ1n) is 7.54. The zero-order valence-corrected chi connectivity index (χ0v) is 14.3. The van der Waals surface area contributed by atoms with Gasteiger partial charge in [-0.3, -0.25) is 9.59 Å². The SMILES string of the molecule is C[C@@H](OC(=O)C[C@H](C)c1ccccc1)C(=O)Nc1sccc1C#N. The highest BCUT2D eigenvalue weighted by Gasteiger charge is 2.21. The average molecular weight is 342 g/mol. The van der Waals surface area contributed by atoms with Crippen molar-refractivity contribution in [3.05, 3.63) is 52.9 Å². The first-order valence-corrected chi connectivity index (χ1v) is 8.42. The van der Waals surface area contributed by atoms with Crippen molar-refractivity contribution in [2.75, 3.05) is 5.32 Å². The summed E-state index contributed by atoms with van der Waals surface area (Å²) in [5.74, 6) is -0.869. The Kier molecular flexibility index (Phi) is 6.10. The number of nitrogens with one attached hydrogen (secondary N) is 1. The van der Waals surface area contributed by atoms with Gasteiger partial charge in [0, 0.05) is 0 Å². The van der Waals surface area contributed by atoms with Gasteiger partial charge in [0.15, 0.2) is 6.10 Å². The summed E-state index contributed by atoms with van der Waals surface area (Å²) in [7, 11) is 0. The molecule has 2 rings (SSSR count). The molecule has 0 spiro atoms. The van der Waals surface area contributed by atoms with Gasteiger partial charge in [0.2, 0.25) is 0 Å². The van der Waals surface area contributed by atoms with Crippen molar-refractivity contribution in [2.24, 2.45) is 0 Å². The predicted octanol–water partition coefficient (Wildman–Crippen LogP) is 3.68. The second-order valence-electron chi connectivity index (χ2n) is 5.41. The summed E-state index contributed by atoms with van der Waals surface area (Å²) in [6.45, 7) is 3.45. The molecule has 2 aromatic rings. The van der Waals surface area contributed by atoms with E-state index in [0.29, 0.717) is 10.6 Å². The van der Waals surface area contributed by atoms with Crippen LogP contribution in [0.1, 0.15) is 37.3 Å². The molecule has 0 fully saturated rings. The fraction of sp³-hybridized carbons (Fsp3) is 0.278. The maximum Gasteiger partial charge on any atom is 0.307 e. The summed E-state index contributed by atoms with van der Waals surface area (Å²) in [5.41, 5.74) is 1.44.